The first-order valence-electron chi connectivity index (χ1n) is 8.85. The molecule has 1 aliphatic rings. The SMILES string of the molecule is O=C(O)C1CCCN(C(=O)c2cc(-c3cccs3)n(-c3ccccc3)n2)C1. The first-order valence-corrected chi connectivity index (χ1v) is 9.73. The minimum atomic E-state index is -0.846. The Morgan fingerprint density at radius 2 is 1.96 bits per heavy atom. The number of piperidine rings is 1. The molecule has 6 nitrogen and oxygen atoms in total. The third-order valence-electron chi connectivity index (χ3n) is 4.76. The molecule has 1 unspecified atom stereocenters. The van der Waals surface area contributed by atoms with Gasteiger partial charge in [-0.3, -0.25) is 9.59 Å². The summed E-state index contributed by atoms with van der Waals surface area (Å²) in [5.74, 6) is -1.56. The van der Waals surface area contributed by atoms with Gasteiger partial charge in [0.2, 0.25) is 0 Å². The van der Waals surface area contributed by atoms with Crippen LogP contribution < -0.4 is 0 Å². The van der Waals surface area contributed by atoms with Crippen LogP contribution >= 0.6 is 11.3 Å². The van der Waals surface area contributed by atoms with Gasteiger partial charge in [0.25, 0.3) is 5.91 Å². The van der Waals surface area contributed by atoms with Crippen LogP contribution in [0, 0.1) is 5.92 Å². The number of hydrogen-bond acceptors (Lipinski definition) is 4. The Hall–Kier alpha value is -2.93. The third-order valence-corrected chi connectivity index (χ3v) is 5.65. The second kappa shape index (κ2) is 7.36. The van der Waals surface area contributed by atoms with E-state index in [-0.39, 0.29) is 12.5 Å². The van der Waals surface area contributed by atoms with E-state index in [4.69, 9.17) is 0 Å². The number of para-hydroxylation sites is 1. The van der Waals surface area contributed by atoms with Gasteiger partial charge in [-0.25, -0.2) is 4.68 Å². The summed E-state index contributed by atoms with van der Waals surface area (Å²) in [6.45, 7) is 0.801. The number of aliphatic carboxylic acids is 1. The molecule has 1 N–H and O–H groups in total. The highest BCUT2D eigenvalue weighted by Gasteiger charge is 2.30. The van der Waals surface area contributed by atoms with Gasteiger partial charge in [0.05, 0.1) is 22.2 Å². The molecule has 138 valence electrons. The number of benzene rings is 1. The van der Waals surface area contributed by atoms with Gasteiger partial charge in [-0.15, -0.1) is 11.3 Å². The van der Waals surface area contributed by atoms with Crippen molar-refractivity contribution >= 4 is 23.2 Å². The van der Waals surface area contributed by atoms with Crippen molar-refractivity contribution in [3.63, 3.8) is 0 Å². The number of carboxylic acids is 1. The average molecular weight is 381 g/mol. The van der Waals surface area contributed by atoms with E-state index in [2.05, 4.69) is 5.10 Å². The lowest BCUT2D eigenvalue weighted by atomic mass is 9.98. The highest BCUT2D eigenvalue weighted by atomic mass is 32.1. The number of likely N-dealkylation sites (tertiary alicyclic amines) is 1. The van der Waals surface area contributed by atoms with E-state index in [1.807, 2.05) is 47.8 Å². The third kappa shape index (κ3) is 3.50. The highest BCUT2D eigenvalue weighted by Crippen LogP contribution is 2.29. The molecule has 1 atom stereocenters. The molecule has 0 bridgehead atoms. The van der Waals surface area contributed by atoms with E-state index >= 15 is 0 Å². The van der Waals surface area contributed by atoms with E-state index in [0.717, 1.165) is 16.3 Å². The van der Waals surface area contributed by atoms with Crippen molar-refractivity contribution in [2.75, 3.05) is 13.1 Å². The van der Waals surface area contributed by atoms with Gasteiger partial charge in [0.1, 0.15) is 0 Å². The quantitative estimate of drug-likeness (QED) is 0.750. The van der Waals surface area contributed by atoms with Gasteiger partial charge in [0, 0.05) is 13.1 Å². The van der Waals surface area contributed by atoms with Crippen LogP contribution in [0.15, 0.2) is 53.9 Å². The normalized spacial score (nSPS) is 17.0. The summed E-state index contributed by atoms with van der Waals surface area (Å²) in [5.41, 5.74) is 2.07. The molecule has 1 amide bonds. The summed E-state index contributed by atoms with van der Waals surface area (Å²) in [6.07, 6.45) is 1.30. The summed E-state index contributed by atoms with van der Waals surface area (Å²) in [4.78, 5) is 26.9. The molecule has 3 heterocycles. The average Bonchev–Trinajstić information content (AvgIpc) is 3.38. The number of carbonyl (C=O) groups is 2. The van der Waals surface area contributed by atoms with Crippen LogP contribution in [0.3, 0.4) is 0 Å². The van der Waals surface area contributed by atoms with E-state index in [9.17, 15) is 14.7 Å². The molecular weight excluding hydrogens is 362 g/mol. The molecule has 0 saturated carbocycles. The number of aromatic nitrogens is 2. The van der Waals surface area contributed by atoms with Crippen LogP contribution in [-0.4, -0.2) is 44.8 Å². The first-order chi connectivity index (χ1) is 13.1. The largest absolute Gasteiger partial charge is 0.481 e. The number of rotatable bonds is 4. The molecule has 0 radical (unpaired) electrons. The zero-order valence-electron chi connectivity index (χ0n) is 14.6. The van der Waals surface area contributed by atoms with Crippen LogP contribution in [0.2, 0.25) is 0 Å². The van der Waals surface area contributed by atoms with Gasteiger partial charge >= 0.3 is 5.97 Å². The van der Waals surface area contributed by atoms with Gasteiger partial charge in [-0.1, -0.05) is 24.3 Å². The molecule has 3 aromatic rings. The Kier molecular flexibility index (Phi) is 4.77. The van der Waals surface area contributed by atoms with Crippen LogP contribution in [-0.2, 0) is 4.79 Å². The maximum absolute atomic E-state index is 13.0. The first kappa shape index (κ1) is 17.5. The molecule has 2 aromatic heterocycles. The molecule has 0 aliphatic carbocycles. The molecule has 27 heavy (non-hydrogen) atoms. The molecule has 1 fully saturated rings. The van der Waals surface area contributed by atoms with Crippen molar-refractivity contribution in [2.45, 2.75) is 12.8 Å². The van der Waals surface area contributed by atoms with Crippen molar-refractivity contribution in [1.29, 1.82) is 0 Å². The van der Waals surface area contributed by atoms with E-state index in [0.29, 0.717) is 25.1 Å². The van der Waals surface area contributed by atoms with E-state index < -0.39 is 11.9 Å². The Bertz CT molecular complexity index is 950. The number of hydrogen-bond donors (Lipinski definition) is 1. The fourth-order valence-corrected chi connectivity index (χ4v) is 4.10. The molecule has 7 heteroatoms. The summed E-state index contributed by atoms with van der Waals surface area (Å²) in [5, 5.41) is 15.8. The highest BCUT2D eigenvalue weighted by molar-refractivity contribution is 7.13. The standard InChI is InChI=1S/C20H19N3O3S/c24-19(22-10-4-6-14(13-22)20(25)26)16-12-17(18-9-5-11-27-18)23(21-16)15-7-2-1-3-8-15/h1-3,5,7-9,11-12,14H,4,6,10,13H2,(H,25,26). The van der Waals surface area contributed by atoms with Gasteiger partial charge in [-0.05, 0) is 42.5 Å². The van der Waals surface area contributed by atoms with Gasteiger partial charge in [-0.2, -0.15) is 5.10 Å². The summed E-state index contributed by atoms with van der Waals surface area (Å²) in [6, 6.07) is 15.4. The zero-order valence-corrected chi connectivity index (χ0v) is 15.4. The van der Waals surface area contributed by atoms with Crippen molar-refractivity contribution in [3.05, 3.63) is 59.6 Å². The Morgan fingerprint density at radius 1 is 1.15 bits per heavy atom. The minimum absolute atomic E-state index is 0.214. The fourth-order valence-electron chi connectivity index (χ4n) is 3.38. The monoisotopic (exact) mass is 381 g/mol. The second-order valence-electron chi connectivity index (χ2n) is 6.57. The maximum atomic E-state index is 13.0. The molecular formula is C20H19N3O3S. The van der Waals surface area contributed by atoms with E-state index in [1.54, 1.807) is 27.0 Å². The van der Waals surface area contributed by atoms with Crippen molar-refractivity contribution in [3.8, 4) is 16.3 Å². The molecule has 0 spiro atoms. The lowest BCUT2D eigenvalue weighted by Crippen LogP contribution is -2.42. The Morgan fingerprint density at radius 3 is 2.67 bits per heavy atom. The van der Waals surface area contributed by atoms with E-state index in [1.165, 1.54) is 0 Å². The van der Waals surface area contributed by atoms with Crippen molar-refractivity contribution in [2.24, 2.45) is 5.92 Å². The lowest BCUT2D eigenvalue weighted by Gasteiger charge is -2.30. The maximum Gasteiger partial charge on any atom is 0.308 e. The second-order valence-corrected chi connectivity index (χ2v) is 7.52. The van der Waals surface area contributed by atoms with Crippen molar-refractivity contribution in [1.82, 2.24) is 14.7 Å². The smallest absolute Gasteiger partial charge is 0.308 e. The Labute approximate surface area is 160 Å². The fraction of sp³-hybridized carbons (Fsp3) is 0.250. The summed E-state index contributed by atoms with van der Waals surface area (Å²) >= 11 is 1.59. The summed E-state index contributed by atoms with van der Waals surface area (Å²) in [7, 11) is 0. The number of carboxylic acid groups (broad SMARTS) is 1. The molecule has 1 aromatic carbocycles. The Balaban J connectivity index is 1.69. The number of amides is 1. The van der Waals surface area contributed by atoms with Gasteiger partial charge in [0.15, 0.2) is 5.69 Å². The van der Waals surface area contributed by atoms with Gasteiger partial charge < -0.3 is 10.0 Å². The number of nitrogens with zero attached hydrogens (tertiary/aromatic N) is 3. The molecule has 1 aliphatic heterocycles. The molecule has 4 rings (SSSR count). The van der Waals surface area contributed by atoms with Crippen LogP contribution in [0.5, 0.6) is 0 Å². The number of thiophene rings is 1. The zero-order chi connectivity index (χ0) is 18.8. The lowest BCUT2D eigenvalue weighted by molar-refractivity contribution is -0.143. The predicted molar refractivity (Wildman–Crippen MR) is 103 cm³/mol. The summed E-state index contributed by atoms with van der Waals surface area (Å²) < 4.78 is 1.78. The minimum Gasteiger partial charge on any atom is -0.481 e. The van der Waals surface area contributed by atoms with Crippen LogP contribution in [0.1, 0.15) is 23.3 Å². The molecule has 1 saturated heterocycles. The van der Waals surface area contributed by atoms with Crippen LogP contribution in [0.25, 0.3) is 16.3 Å². The van der Waals surface area contributed by atoms with Crippen LogP contribution in [0.4, 0.5) is 0 Å². The topological polar surface area (TPSA) is 75.4 Å². The predicted octanol–water partition coefficient (Wildman–Crippen LogP) is 3.54. The number of carbonyl (C=O) groups excluding carboxylic acids is 1. The van der Waals surface area contributed by atoms with Crippen molar-refractivity contribution < 1.29 is 14.7 Å².